The van der Waals surface area contributed by atoms with Crippen LogP contribution in [0.15, 0.2) is 30.5 Å². The maximum Gasteiger partial charge on any atom is 0.357 e. The van der Waals surface area contributed by atoms with Gasteiger partial charge in [-0.3, -0.25) is 23.5 Å². The number of benzene rings is 1. The Labute approximate surface area is 114 Å². The molecule has 0 bridgehead atoms. The van der Waals surface area contributed by atoms with E-state index in [1.54, 1.807) is 21.6 Å². The molecule has 0 fully saturated rings. The molecule has 1 aromatic heterocycles. The molecule has 108 valence electrons. The summed E-state index contributed by atoms with van der Waals surface area (Å²) in [7, 11) is -9.23. The van der Waals surface area contributed by atoms with Crippen molar-refractivity contribution in [2.45, 2.75) is 0 Å². The van der Waals surface area contributed by atoms with Crippen molar-refractivity contribution in [2.24, 2.45) is 0 Å². The van der Waals surface area contributed by atoms with E-state index in [2.05, 4.69) is 4.98 Å². The molecule has 0 spiro atoms. The summed E-state index contributed by atoms with van der Waals surface area (Å²) in [6, 6.07) is 5.66. The Balaban J connectivity index is 2.64. The molecule has 2 aromatic rings. The Morgan fingerprint density at radius 3 is 2.05 bits per heavy atom. The summed E-state index contributed by atoms with van der Waals surface area (Å²) in [6.07, 6.45) is 1.45. The summed E-state index contributed by atoms with van der Waals surface area (Å²) in [5.74, 6) is 0. The lowest BCUT2D eigenvalue weighted by atomic mass is 10.2. The summed E-state index contributed by atoms with van der Waals surface area (Å²) in [4.78, 5) is 3.95. The second kappa shape index (κ2) is 4.86. The Kier molecular flexibility index (Phi) is 3.52. The number of anilines is 2. The highest BCUT2D eigenvalue weighted by Gasteiger charge is 2.14. The fourth-order valence-electron chi connectivity index (χ4n) is 1.57. The van der Waals surface area contributed by atoms with E-state index in [0.717, 1.165) is 0 Å². The monoisotopic (exact) mass is 319 g/mol. The molecular formula is C9H9N3O6S2. The second-order valence-corrected chi connectivity index (χ2v) is 6.06. The van der Waals surface area contributed by atoms with Crippen molar-refractivity contribution in [3.63, 3.8) is 0 Å². The van der Waals surface area contributed by atoms with E-state index >= 15 is 0 Å². The molecule has 0 aliphatic heterocycles. The molecule has 2 rings (SSSR count). The quantitative estimate of drug-likeness (QED) is 0.605. The van der Waals surface area contributed by atoms with Crippen molar-refractivity contribution in [1.29, 1.82) is 0 Å². The molecule has 0 saturated carbocycles. The number of pyridine rings is 1. The molecule has 0 aliphatic rings. The molecule has 9 nitrogen and oxygen atoms in total. The fraction of sp³-hybridized carbons (Fsp3) is 0. The standard InChI is InChI=1S/C9H9N3O6S2/c13-19(14,15)11-8-4-6-2-1-3-10-7(6)5-9(8)12-20(16,17)18/h1-5,11-12H,(H,13,14,15)(H,16,17,18). The summed E-state index contributed by atoms with van der Waals surface area (Å²) in [5, 5.41) is 0.500. The van der Waals surface area contributed by atoms with Gasteiger partial charge in [-0.05, 0) is 18.2 Å². The van der Waals surface area contributed by atoms with Gasteiger partial charge in [0, 0.05) is 11.6 Å². The van der Waals surface area contributed by atoms with E-state index in [1.165, 1.54) is 18.3 Å². The first-order valence-electron chi connectivity index (χ1n) is 5.03. The molecule has 0 radical (unpaired) electrons. The zero-order valence-electron chi connectivity index (χ0n) is 9.68. The van der Waals surface area contributed by atoms with E-state index in [4.69, 9.17) is 9.11 Å². The molecule has 0 aliphatic carbocycles. The summed E-state index contributed by atoms with van der Waals surface area (Å²) in [5.41, 5.74) is -0.179. The Bertz CT molecular complexity index is 790. The zero-order valence-corrected chi connectivity index (χ0v) is 11.3. The second-order valence-electron chi connectivity index (χ2n) is 3.75. The number of nitrogens with one attached hydrogen (secondary N) is 2. The first-order chi connectivity index (χ1) is 9.14. The minimum atomic E-state index is -4.62. The highest BCUT2D eigenvalue weighted by molar-refractivity contribution is 7.87. The van der Waals surface area contributed by atoms with Crippen molar-refractivity contribution in [1.82, 2.24) is 4.98 Å². The van der Waals surface area contributed by atoms with Gasteiger partial charge in [-0.15, -0.1) is 0 Å². The van der Waals surface area contributed by atoms with E-state index in [9.17, 15) is 16.8 Å². The highest BCUT2D eigenvalue weighted by atomic mass is 32.2. The summed E-state index contributed by atoms with van der Waals surface area (Å²) >= 11 is 0. The largest absolute Gasteiger partial charge is 0.357 e. The Hall–Kier alpha value is -1.95. The smallest absolute Gasteiger partial charge is 0.269 e. The zero-order chi connectivity index (χ0) is 15.0. The first kappa shape index (κ1) is 14.5. The average molecular weight is 319 g/mol. The molecule has 11 heteroatoms. The third kappa shape index (κ3) is 3.77. The summed E-state index contributed by atoms with van der Waals surface area (Å²) in [6.45, 7) is 0. The third-order valence-electron chi connectivity index (χ3n) is 2.22. The van der Waals surface area contributed by atoms with Gasteiger partial charge in [0.05, 0.1) is 16.9 Å². The Morgan fingerprint density at radius 1 is 0.950 bits per heavy atom. The molecule has 0 amide bonds. The van der Waals surface area contributed by atoms with Crippen molar-refractivity contribution in [3.8, 4) is 0 Å². The molecule has 0 saturated heterocycles. The van der Waals surface area contributed by atoms with E-state index in [-0.39, 0.29) is 11.4 Å². The van der Waals surface area contributed by atoms with Gasteiger partial charge in [0.2, 0.25) is 0 Å². The third-order valence-corrected chi connectivity index (χ3v) is 3.18. The van der Waals surface area contributed by atoms with Crippen LogP contribution < -0.4 is 9.44 Å². The van der Waals surface area contributed by atoms with Crippen molar-refractivity contribution < 1.29 is 25.9 Å². The molecule has 0 atom stereocenters. The van der Waals surface area contributed by atoms with Crippen LogP contribution in [0.25, 0.3) is 10.9 Å². The molecule has 4 N–H and O–H groups in total. The van der Waals surface area contributed by atoms with E-state index in [0.29, 0.717) is 10.9 Å². The lowest BCUT2D eigenvalue weighted by Crippen LogP contribution is -2.15. The van der Waals surface area contributed by atoms with Gasteiger partial charge in [-0.2, -0.15) is 16.8 Å². The molecule has 1 aromatic carbocycles. The van der Waals surface area contributed by atoms with Crippen LogP contribution in [0.2, 0.25) is 0 Å². The van der Waals surface area contributed by atoms with Crippen molar-refractivity contribution >= 4 is 42.9 Å². The Morgan fingerprint density at radius 2 is 1.50 bits per heavy atom. The van der Waals surface area contributed by atoms with Gasteiger partial charge in [-0.1, -0.05) is 6.07 Å². The number of nitrogens with zero attached hydrogens (tertiary/aromatic N) is 1. The van der Waals surface area contributed by atoms with Crippen LogP contribution in [0.1, 0.15) is 0 Å². The van der Waals surface area contributed by atoms with Gasteiger partial charge in [0.1, 0.15) is 0 Å². The summed E-state index contributed by atoms with van der Waals surface area (Å²) < 4.78 is 64.3. The molecular weight excluding hydrogens is 310 g/mol. The maximum absolute atomic E-state index is 10.8. The van der Waals surface area contributed by atoms with Gasteiger partial charge >= 0.3 is 20.6 Å². The van der Waals surface area contributed by atoms with Crippen LogP contribution in [-0.2, 0) is 20.6 Å². The maximum atomic E-state index is 10.8. The van der Waals surface area contributed by atoms with Crippen molar-refractivity contribution in [2.75, 3.05) is 9.44 Å². The number of hydrogen-bond donors (Lipinski definition) is 4. The topological polar surface area (TPSA) is 146 Å². The number of fused-ring (bicyclic) bond motifs is 1. The number of hydrogen-bond acceptors (Lipinski definition) is 5. The highest BCUT2D eigenvalue weighted by Crippen LogP contribution is 2.28. The predicted octanol–water partition coefficient (Wildman–Crippen LogP) is 0.664. The minimum Gasteiger partial charge on any atom is -0.269 e. The SMILES string of the molecule is O=S(=O)(O)Nc1cc2cccnc2cc1NS(=O)(=O)O. The first-order valence-corrected chi connectivity index (χ1v) is 7.91. The lowest BCUT2D eigenvalue weighted by molar-refractivity contribution is 0.486. The lowest BCUT2D eigenvalue weighted by Gasteiger charge is -2.11. The molecule has 0 unspecified atom stereocenters. The van der Waals surface area contributed by atoms with Gasteiger partial charge in [0.15, 0.2) is 0 Å². The predicted molar refractivity (Wildman–Crippen MR) is 72.1 cm³/mol. The van der Waals surface area contributed by atoms with Crippen LogP contribution in [0.5, 0.6) is 0 Å². The van der Waals surface area contributed by atoms with Crippen LogP contribution in [0, 0.1) is 0 Å². The van der Waals surface area contributed by atoms with Gasteiger partial charge < -0.3 is 0 Å². The average Bonchev–Trinajstić information content (AvgIpc) is 2.26. The van der Waals surface area contributed by atoms with Crippen LogP contribution in [0.3, 0.4) is 0 Å². The van der Waals surface area contributed by atoms with Crippen LogP contribution in [-0.4, -0.2) is 30.9 Å². The number of rotatable bonds is 4. The van der Waals surface area contributed by atoms with Gasteiger partial charge in [-0.25, -0.2) is 0 Å². The van der Waals surface area contributed by atoms with Crippen LogP contribution >= 0.6 is 0 Å². The minimum absolute atomic E-state index is 0.259. The van der Waals surface area contributed by atoms with E-state index < -0.39 is 20.6 Å². The molecule has 20 heavy (non-hydrogen) atoms. The van der Waals surface area contributed by atoms with Crippen molar-refractivity contribution in [3.05, 3.63) is 30.5 Å². The molecule has 1 heterocycles. The van der Waals surface area contributed by atoms with Gasteiger partial charge in [0.25, 0.3) is 0 Å². The van der Waals surface area contributed by atoms with Crippen LogP contribution in [0.4, 0.5) is 11.4 Å². The fourth-order valence-corrected chi connectivity index (χ4v) is 2.46. The normalized spacial score (nSPS) is 12.3. The van der Waals surface area contributed by atoms with E-state index in [1.807, 2.05) is 0 Å². The number of aromatic nitrogens is 1.